The Balaban J connectivity index is 4.63. The van der Waals surface area contributed by atoms with E-state index in [9.17, 15) is 19.8 Å². The Hall–Kier alpha value is -3.22. The number of nitrogens with one attached hydrogen (secondary N) is 1. The van der Waals surface area contributed by atoms with Crippen molar-refractivity contribution < 1.29 is 24.5 Å². The van der Waals surface area contributed by atoms with Gasteiger partial charge in [0.15, 0.2) is 0 Å². The third-order valence-corrected chi connectivity index (χ3v) is 11.1. The maximum atomic E-state index is 13.2. The number of ether oxygens (including phenoxy) is 1. The van der Waals surface area contributed by atoms with Crippen molar-refractivity contribution in [2.45, 2.75) is 238 Å². The minimum absolute atomic E-state index is 0.0383. The van der Waals surface area contributed by atoms with Crippen LogP contribution in [0.3, 0.4) is 0 Å². The van der Waals surface area contributed by atoms with Crippen LogP contribution in [0.15, 0.2) is 97.2 Å². The molecule has 3 unspecified atom stereocenters. The van der Waals surface area contributed by atoms with Crippen molar-refractivity contribution in [2.75, 3.05) is 6.61 Å². The Bertz CT molecular complexity index is 1240. The summed E-state index contributed by atoms with van der Waals surface area (Å²) in [4.78, 5) is 26.1. The van der Waals surface area contributed by atoms with Gasteiger partial charge in [0.05, 0.1) is 25.2 Å². The van der Waals surface area contributed by atoms with E-state index in [1.54, 1.807) is 0 Å². The zero-order valence-electron chi connectivity index (χ0n) is 40.2. The molecule has 0 saturated carbocycles. The Morgan fingerprint density at radius 2 is 0.903 bits per heavy atom. The molecule has 354 valence electrons. The van der Waals surface area contributed by atoms with Gasteiger partial charge in [0.2, 0.25) is 5.91 Å². The molecular weight excluding hydrogens is 767 g/mol. The van der Waals surface area contributed by atoms with E-state index >= 15 is 0 Å². The molecule has 0 bridgehead atoms. The molecule has 0 aliphatic heterocycles. The summed E-state index contributed by atoms with van der Waals surface area (Å²) in [6.45, 7) is 6.24. The van der Waals surface area contributed by atoms with Gasteiger partial charge < -0.3 is 20.3 Å². The van der Waals surface area contributed by atoms with Crippen LogP contribution in [0.25, 0.3) is 0 Å². The van der Waals surface area contributed by atoms with Crippen LogP contribution in [0, 0.1) is 0 Å². The van der Waals surface area contributed by atoms with Crippen molar-refractivity contribution in [3.05, 3.63) is 97.2 Å². The van der Waals surface area contributed by atoms with Crippen LogP contribution in [-0.2, 0) is 14.3 Å². The minimum atomic E-state index is -0.807. The maximum absolute atomic E-state index is 13.2. The Labute approximate surface area is 382 Å². The molecule has 0 radical (unpaired) electrons. The Kier molecular flexibility index (Phi) is 46.3. The van der Waals surface area contributed by atoms with E-state index in [0.29, 0.717) is 19.3 Å². The van der Waals surface area contributed by atoms with Gasteiger partial charge in [0.1, 0.15) is 6.10 Å². The van der Waals surface area contributed by atoms with Gasteiger partial charge in [-0.1, -0.05) is 240 Å². The molecule has 0 aliphatic carbocycles. The summed E-state index contributed by atoms with van der Waals surface area (Å²) in [5, 5.41) is 23.7. The van der Waals surface area contributed by atoms with Crippen molar-refractivity contribution in [3.63, 3.8) is 0 Å². The van der Waals surface area contributed by atoms with Gasteiger partial charge in [0, 0.05) is 6.42 Å². The number of aliphatic hydroxyl groups excluding tert-OH is 2. The van der Waals surface area contributed by atoms with Crippen LogP contribution in [0.5, 0.6) is 0 Å². The van der Waals surface area contributed by atoms with Crippen molar-refractivity contribution in [1.82, 2.24) is 5.32 Å². The van der Waals surface area contributed by atoms with Crippen LogP contribution in [0.4, 0.5) is 0 Å². The second-order valence-corrected chi connectivity index (χ2v) is 17.0. The summed E-state index contributed by atoms with van der Waals surface area (Å²) in [6.07, 6.45) is 64.6. The number of esters is 1. The van der Waals surface area contributed by atoms with Gasteiger partial charge in [-0.15, -0.1) is 0 Å². The first kappa shape index (κ1) is 58.8. The van der Waals surface area contributed by atoms with Gasteiger partial charge in [-0.25, -0.2) is 0 Å². The fourth-order valence-corrected chi connectivity index (χ4v) is 7.22. The van der Waals surface area contributed by atoms with E-state index in [2.05, 4.69) is 86.8 Å². The predicted molar refractivity (Wildman–Crippen MR) is 268 cm³/mol. The predicted octanol–water partition coefficient (Wildman–Crippen LogP) is 15.3. The number of allylic oxidation sites excluding steroid dienone is 16. The summed E-state index contributed by atoms with van der Waals surface area (Å²) < 4.78 is 5.90. The van der Waals surface area contributed by atoms with E-state index in [4.69, 9.17) is 4.74 Å². The lowest BCUT2D eigenvalue weighted by Crippen LogP contribution is -2.46. The summed E-state index contributed by atoms with van der Waals surface area (Å²) in [5.41, 5.74) is 0. The van der Waals surface area contributed by atoms with Crippen molar-refractivity contribution >= 4 is 11.9 Å². The van der Waals surface area contributed by atoms with Gasteiger partial charge in [-0.2, -0.15) is 0 Å². The third kappa shape index (κ3) is 43.4. The Morgan fingerprint density at radius 1 is 0.484 bits per heavy atom. The molecule has 3 N–H and O–H groups in total. The summed E-state index contributed by atoms with van der Waals surface area (Å²) in [5.74, 6) is -0.545. The number of carbonyl (C=O) groups excluding carboxylic acids is 2. The molecule has 0 aliphatic rings. The molecular formula is C56H95NO5. The summed E-state index contributed by atoms with van der Waals surface area (Å²) in [6, 6.07) is -0.723. The number of hydrogen-bond donors (Lipinski definition) is 3. The molecule has 62 heavy (non-hydrogen) atoms. The first-order valence-electron chi connectivity index (χ1n) is 25.6. The average Bonchev–Trinajstić information content (AvgIpc) is 3.26. The lowest BCUT2D eigenvalue weighted by atomic mass is 10.0. The van der Waals surface area contributed by atoms with Crippen molar-refractivity contribution in [1.29, 1.82) is 0 Å². The molecule has 0 saturated heterocycles. The molecule has 0 aromatic carbocycles. The molecule has 3 atom stereocenters. The minimum Gasteiger partial charge on any atom is -0.462 e. The van der Waals surface area contributed by atoms with Gasteiger partial charge in [0.25, 0.3) is 0 Å². The quantitative estimate of drug-likeness (QED) is 0.0322. The monoisotopic (exact) mass is 862 g/mol. The van der Waals surface area contributed by atoms with Gasteiger partial charge in [-0.05, 0) is 64.2 Å². The highest BCUT2D eigenvalue weighted by Crippen LogP contribution is 2.17. The fraction of sp³-hybridized carbons (Fsp3) is 0.679. The summed E-state index contributed by atoms with van der Waals surface area (Å²) >= 11 is 0. The topological polar surface area (TPSA) is 95.9 Å². The van der Waals surface area contributed by atoms with Crippen LogP contribution < -0.4 is 5.32 Å². The van der Waals surface area contributed by atoms with Gasteiger partial charge >= 0.3 is 5.97 Å². The highest BCUT2D eigenvalue weighted by atomic mass is 16.5. The molecule has 0 heterocycles. The van der Waals surface area contributed by atoms with Crippen LogP contribution in [0.2, 0.25) is 0 Å². The average molecular weight is 862 g/mol. The zero-order valence-corrected chi connectivity index (χ0v) is 40.2. The molecule has 0 aromatic rings. The van der Waals surface area contributed by atoms with Crippen molar-refractivity contribution in [2.24, 2.45) is 0 Å². The fourth-order valence-electron chi connectivity index (χ4n) is 7.22. The standard InChI is InChI=1S/C56H95NO5/c1-4-7-10-13-16-19-22-24-26-27-28-29-31-34-37-40-43-46-49-56(61)62-52(47-44-41-38-35-32-21-18-15-12-9-6-3)50-55(60)57-53(51-58)54(59)48-45-42-39-36-33-30-25-23-20-17-14-11-8-5-2/h9-10,12-13,15-16,18-19,21-22,24,26-29,32,52-54,58-59H,4-8,11,14,17,20,23,25,30-31,33-51H2,1-3H3,(H,57,60)/b12-9+,13-10+,18-15+,19-16+,24-22+,27-26+,29-28+,32-21-. The highest BCUT2D eigenvalue weighted by Gasteiger charge is 2.24. The van der Waals surface area contributed by atoms with Crippen LogP contribution >= 0.6 is 0 Å². The molecule has 0 spiro atoms. The largest absolute Gasteiger partial charge is 0.462 e. The van der Waals surface area contributed by atoms with E-state index in [0.717, 1.165) is 96.3 Å². The Morgan fingerprint density at radius 3 is 1.40 bits per heavy atom. The molecule has 1 amide bonds. The number of aliphatic hydroxyl groups is 2. The van der Waals surface area contributed by atoms with E-state index in [-0.39, 0.29) is 24.9 Å². The molecule has 0 fully saturated rings. The summed E-state index contributed by atoms with van der Waals surface area (Å²) in [7, 11) is 0. The molecule has 0 rings (SSSR count). The van der Waals surface area contributed by atoms with Gasteiger partial charge in [-0.3, -0.25) is 9.59 Å². The number of unbranched alkanes of at least 4 members (excludes halogenated alkanes) is 22. The molecule has 6 heteroatoms. The van der Waals surface area contributed by atoms with Crippen LogP contribution in [-0.4, -0.2) is 46.9 Å². The smallest absolute Gasteiger partial charge is 0.306 e. The van der Waals surface area contributed by atoms with E-state index in [1.807, 2.05) is 36.5 Å². The SMILES string of the molecule is CC/C=C/C=C/C=C\CCCCCC(CC(=O)NC(CO)C(O)CCCCCCCCCCCCCCCC)OC(=O)CCCCCCC/C=C/C=C/C=C/C=C/C=C/CCC. The van der Waals surface area contributed by atoms with E-state index < -0.39 is 18.2 Å². The highest BCUT2D eigenvalue weighted by molar-refractivity contribution is 5.77. The molecule has 0 aromatic heterocycles. The zero-order chi connectivity index (χ0) is 45.2. The number of rotatable bonds is 44. The number of amides is 1. The van der Waals surface area contributed by atoms with E-state index in [1.165, 1.54) is 77.0 Å². The second-order valence-electron chi connectivity index (χ2n) is 17.0. The molecule has 6 nitrogen and oxygen atoms in total. The lowest BCUT2D eigenvalue weighted by Gasteiger charge is -2.24. The van der Waals surface area contributed by atoms with Crippen LogP contribution in [0.1, 0.15) is 220 Å². The third-order valence-electron chi connectivity index (χ3n) is 11.1. The first-order valence-corrected chi connectivity index (χ1v) is 25.6. The first-order chi connectivity index (χ1) is 30.5. The normalized spacial score (nSPS) is 14.1. The maximum Gasteiger partial charge on any atom is 0.306 e. The number of hydrogen-bond acceptors (Lipinski definition) is 5. The number of carbonyl (C=O) groups is 2. The van der Waals surface area contributed by atoms with Crippen molar-refractivity contribution in [3.8, 4) is 0 Å². The second kappa shape index (κ2) is 48.8. The lowest BCUT2D eigenvalue weighted by molar-refractivity contribution is -0.151.